The van der Waals surface area contributed by atoms with Crippen LogP contribution in [-0.2, 0) is 17.6 Å². The largest absolute Gasteiger partial charge is 0.358 e. The molecule has 1 aliphatic rings. The molecular weight excluding hydrogens is 290 g/mol. The summed E-state index contributed by atoms with van der Waals surface area (Å²) in [7, 11) is 1.66. The highest BCUT2D eigenvalue weighted by Crippen LogP contribution is 2.40. The number of aromatic nitrogens is 2. The summed E-state index contributed by atoms with van der Waals surface area (Å²) in [6, 6.07) is 0. The maximum absolute atomic E-state index is 11.4. The normalized spacial score (nSPS) is 18.0. The van der Waals surface area contributed by atoms with Crippen LogP contribution in [0, 0.1) is 5.92 Å². The van der Waals surface area contributed by atoms with Crippen molar-refractivity contribution in [3.63, 3.8) is 0 Å². The van der Waals surface area contributed by atoms with Crippen LogP contribution < -0.4 is 5.32 Å². The number of nitrogens with one attached hydrogen (secondary N) is 1. The summed E-state index contributed by atoms with van der Waals surface area (Å²) in [5.74, 6) is 1.19. The lowest BCUT2D eigenvalue weighted by Gasteiger charge is -2.18. The highest BCUT2D eigenvalue weighted by Gasteiger charge is 2.23. The Morgan fingerprint density at radius 2 is 2.40 bits per heavy atom. The highest BCUT2D eigenvalue weighted by molar-refractivity contribution is 8.00. The average Bonchev–Trinajstić information content (AvgIpc) is 2.82. The summed E-state index contributed by atoms with van der Waals surface area (Å²) in [6.45, 7) is 2.31. The molecule has 0 saturated heterocycles. The topological polar surface area (TPSA) is 54.9 Å². The molecule has 20 heavy (non-hydrogen) atoms. The Kier molecular flexibility index (Phi) is 3.94. The Hall–Kier alpha value is -1.14. The molecule has 0 unspecified atom stereocenters. The maximum Gasteiger partial charge on any atom is 0.230 e. The summed E-state index contributed by atoms with van der Waals surface area (Å²) in [5, 5.41) is 4.78. The number of aryl methyl sites for hydroxylation is 1. The molecule has 0 fully saturated rings. The van der Waals surface area contributed by atoms with Crippen molar-refractivity contribution in [2.75, 3.05) is 12.8 Å². The van der Waals surface area contributed by atoms with Gasteiger partial charge in [-0.25, -0.2) is 9.97 Å². The molecule has 0 bridgehead atoms. The van der Waals surface area contributed by atoms with Gasteiger partial charge in [-0.3, -0.25) is 4.79 Å². The van der Waals surface area contributed by atoms with Gasteiger partial charge in [0.05, 0.1) is 5.75 Å². The summed E-state index contributed by atoms with van der Waals surface area (Å²) < 4.78 is 0. The van der Waals surface area contributed by atoms with Crippen LogP contribution in [0.3, 0.4) is 0 Å². The number of rotatable bonds is 3. The lowest BCUT2D eigenvalue weighted by molar-refractivity contribution is -0.118. The second-order valence-corrected chi connectivity index (χ2v) is 7.22. The van der Waals surface area contributed by atoms with Crippen LogP contribution in [0.2, 0.25) is 0 Å². The molecule has 106 valence electrons. The Morgan fingerprint density at radius 1 is 1.55 bits per heavy atom. The van der Waals surface area contributed by atoms with Crippen LogP contribution in [0.25, 0.3) is 10.2 Å². The quantitative estimate of drug-likeness (QED) is 0.699. The number of carbonyl (C=O) groups excluding carboxylic acids is 1. The van der Waals surface area contributed by atoms with Crippen LogP contribution in [0.1, 0.15) is 23.8 Å². The van der Waals surface area contributed by atoms with E-state index in [1.165, 1.54) is 34.0 Å². The van der Waals surface area contributed by atoms with Gasteiger partial charge in [0.25, 0.3) is 0 Å². The molecule has 2 aromatic rings. The molecular formula is C14H17N3OS2. The smallest absolute Gasteiger partial charge is 0.230 e. The minimum Gasteiger partial charge on any atom is -0.358 e. The summed E-state index contributed by atoms with van der Waals surface area (Å²) >= 11 is 3.30. The lowest BCUT2D eigenvalue weighted by atomic mass is 9.89. The minimum absolute atomic E-state index is 0.0273. The third-order valence-electron chi connectivity index (χ3n) is 3.68. The fourth-order valence-electron chi connectivity index (χ4n) is 2.56. The fraction of sp³-hybridized carbons (Fsp3) is 0.500. The van der Waals surface area contributed by atoms with Gasteiger partial charge >= 0.3 is 0 Å². The van der Waals surface area contributed by atoms with Gasteiger partial charge in [0.2, 0.25) is 5.91 Å². The Morgan fingerprint density at radius 3 is 3.20 bits per heavy atom. The minimum atomic E-state index is 0.0273. The Bertz CT molecular complexity index is 653. The van der Waals surface area contributed by atoms with Crippen molar-refractivity contribution < 1.29 is 4.79 Å². The van der Waals surface area contributed by atoms with Gasteiger partial charge in [-0.2, -0.15) is 0 Å². The van der Waals surface area contributed by atoms with E-state index in [4.69, 9.17) is 0 Å². The van der Waals surface area contributed by atoms with E-state index in [1.54, 1.807) is 24.7 Å². The van der Waals surface area contributed by atoms with E-state index in [0.717, 1.165) is 28.6 Å². The van der Waals surface area contributed by atoms with Crippen LogP contribution >= 0.6 is 23.1 Å². The molecule has 1 atom stereocenters. The first kappa shape index (κ1) is 13.8. The second-order valence-electron chi connectivity index (χ2n) is 5.17. The third kappa shape index (κ3) is 2.54. The molecule has 4 nitrogen and oxygen atoms in total. The van der Waals surface area contributed by atoms with Crippen molar-refractivity contribution in [1.82, 2.24) is 15.3 Å². The molecule has 1 aliphatic carbocycles. The average molecular weight is 307 g/mol. The van der Waals surface area contributed by atoms with E-state index in [-0.39, 0.29) is 5.91 Å². The van der Waals surface area contributed by atoms with E-state index in [2.05, 4.69) is 22.2 Å². The number of nitrogens with zero attached hydrogens (tertiary/aromatic N) is 2. The van der Waals surface area contributed by atoms with E-state index in [0.29, 0.717) is 5.75 Å². The molecule has 0 spiro atoms. The van der Waals surface area contributed by atoms with Gasteiger partial charge in [-0.05, 0) is 30.7 Å². The summed E-state index contributed by atoms with van der Waals surface area (Å²) in [6.07, 6.45) is 5.10. The Balaban J connectivity index is 1.98. The van der Waals surface area contributed by atoms with Gasteiger partial charge < -0.3 is 5.32 Å². The van der Waals surface area contributed by atoms with Crippen molar-refractivity contribution in [2.24, 2.45) is 5.92 Å². The van der Waals surface area contributed by atoms with Crippen LogP contribution in [0.4, 0.5) is 0 Å². The molecule has 0 radical (unpaired) electrons. The number of thiophene rings is 1. The third-order valence-corrected chi connectivity index (χ3v) is 5.83. The van der Waals surface area contributed by atoms with Crippen LogP contribution in [0.5, 0.6) is 0 Å². The Labute approximate surface area is 126 Å². The van der Waals surface area contributed by atoms with Gasteiger partial charge in [0.15, 0.2) is 0 Å². The molecule has 1 N–H and O–H groups in total. The molecule has 1 amide bonds. The summed E-state index contributed by atoms with van der Waals surface area (Å²) in [4.78, 5) is 22.7. The zero-order chi connectivity index (χ0) is 14.1. The molecule has 0 aromatic carbocycles. The molecule has 3 rings (SSSR count). The van der Waals surface area contributed by atoms with Crippen molar-refractivity contribution >= 4 is 39.2 Å². The van der Waals surface area contributed by atoms with E-state index >= 15 is 0 Å². The standard InChI is InChI=1S/C14H17N3OS2/c1-8-3-4-9-10(5-8)20-14-12(9)13(16-7-17-14)19-6-11(18)15-2/h7-8H,3-6H2,1-2H3,(H,15,18)/t8-/m1/s1. The zero-order valence-electron chi connectivity index (χ0n) is 11.6. The van der Waals surface area contributed by atoms with Crippen LogP contribution in [0.15, 0.2) is 11.4 Å². The van der Waals surface area contributed by atoms with Gasteiger partial charge in [-0.1, -0.05) is 18.7 Å². The molecule has 6 heteroatoms. The number of hydrogen-bond donors (Lipinski definition) is 1. The van der Waals surface area contributed by atoms with Gasteiger partial charge in [0, 0.05) is 17.3 Å². The highest BCUT2D eigenvalue weighted by atomic mass is 32.2. The van der Waals surface area contributed by atoms with Crippen molar-refractivity contribution in [3.05, 3.63) is 16.8 Å². The second kappa shape index (κ2) is 5.69. The SMILES string of the molecule is CNC(=O)CSc1ncnc2sc3c(c12)CC[C@@H](C)C3. The molecule has 2 heterocycles. The molecule has 0 saturated carbocycles. The first-order chi connectivity index (χ1) is 9.69. The molecule has 0 aliphatic heterocycles. The van der Waals surface area contributed by atoms with Crippen molar-refractivity contribution in [1.29, 1.82) is 0 Å². The zero-order valence-corrected chi connectivity index (χ0v) is 13.2. The van der Waals surface area contributed by atoms with Gasteiger partial charge in [0.1, 0.15) is 16.2 Å². The monoisotopic (exact) mass is 307 g/mol. The van der Waals surface area contributed by atoms with Crippen LogP contribution in [-0.4, -0.2) is 28.7 Å². The number of carbonyl (C=O) groups is 1. The number of thioether (sulfide) groups is 1. The first-order valence-electron chi connectivity index (χ1n) is 6.77. The van der Waals surface area contributed by atoms with E-state index < -0.39 is 0 Å². The predicted octanol–water partition coefficient (Wildman–Crippen LogP) is 2.65. The van der Waals surface area contributed by atoms with Crippen molar-refractivity contribution in [3.8, 4) is 0 Å². The maximum atomic E-state index is 11.4. The fourth-order valence-corrected chi connectivity index (χ4v) is 4.87. The summed E-state index contributed by atoms with van der Waals surface area (Å²) in [5.41, 5.74) is 1.42. The van der Waals surface area contributed by atoms with E-state index in [9.17, 15) is 4.79 Å². The number of fused-ring (bicyclic) bond motifs is 3. The first-order valence-corrected chi connectivity index (χ1v) is 8.58. The molecule has 2 aromatic heterocycles. The lowest BCUT2D eigenvalue weighted by Crippen LogP contribution is -2.19. The van der Waals surface area contributed by atoms with Crippen molar-refractivity contribution in [2.45, 2.75) is 31.2 Å². The van der Waals surface area contributed by atoms with E-state index in [1.807, 2.05) is 0 Å². The van der Waals surface area contributed by atoms with Gasteiger partial charge in [-0.15, -0.1) is 11.3 Å². The number of hydrogen-bond acceptors (Lipinski definition) is 5. The predicted molar refractivity (Wildman–Crippen MR) is 83.4 cm³/mol. The number of amides is 1.